The van der Waals surface area contributed by atoms with Crippen molar-refractivity contribution in [2.75, 3.05) is 6.54 Å². The number of carbonyl (C=O) groups excluding carboxylic acids is 5. The van der Waals surface area contributed by atoms with Crippen molar-refractivity contribution < 1.29 is 24.0 Å². The Morgan fingerprint density at radius 2 is 1.41 bits per heavy atom. The van der Waals surface area contributed by atoms with Crippen molar-refractivity contribution in [2.45, 2.75) is 90.8 Å². The average Bonchev–Trinajstić information content (AvgIpc) is 3.70. The molecule has 4 atom stereocenters. The summed E-state index contributed by atoms with van der Waals surface area (Å²) in [7, 11) is 0. The van der Waals surface area contributed by atoms with Gasteiger partial charge in [0.2, 0.25) is 23.5 Å². The van der Waals surface area contributed by atoms with E-state index in [1.54, 1.807) is 18.7 Å². The number of rotatable bonds is 12. The molecular formula is C25H40N4O5. The van der Waals surface area contributed by atoms with Gasteiger partial charge in [-0.15, -0.1) is 0 Å². The fraction of sp³-hybridized carbons (Fsp3) is 0.800. The van der Waals surface area contributed by atoms with Crippen LogP contribution in [0, 0.1) is 29.6 Å². The van der Waals surface area contributed by atoms with Gasteiger partial charge in [0.25, 0.3) is 5.91 Å². The van der Waals surface area contributed by atoms with Crippen LogP contribution in [0.15, 0.2) is 0 Å². The number of likely N-dealkylation sites (tertiary alicyclic amines) is 1. The van der Waals surface area contributed by atoms with E-state index in [4.69, 9.17) is 5.73 Å². The highest BCUT2D eigenvalue weighted by molar-refractivity contribution is 6.37. The van der Waals surface area contributed by atoms with Gasteiger partial charge in [0.1, 0.15) is 12.1 Å². The van der Waals surface area contributed by atoms with Crippen LogP contribution in [0.5, 0.6) is 0 Å². The summed E-state index contributed by atoms with van der Waals surface area (Å²) in [5.41, 5.74) is 5.23. The van der Waals surface area contributed by atoms with E-state index in [-0.39, 0.29) is 29.6 Å². The molecule has 2 aliphatic carbocycles. The first-order chi connectivity index (χ1) is 16.0. The van der Waals surface area contributed by atoms with Crippen LogP contribution in [0.2, 0.25) is 0 Å². The van der Waals surface area contributed by atoms with Gasteiger partial charge in [0.15, 0.2) is 0 Å². The largest absolute Gasteiger partial charge is 0.363 e. The maximum absolute atomic E-state index is 13.7. The fourth-order valence-corrected chi connectivity index (χ4v) is 4.89. The lowest BCUT2D eigenvalue weighted by molar-refractivity contribution is -0.144. The van der Waals surface area contributed by atoms with Gasteiger partial charge in [-0.2, -0.15) is 0 Å². The maximum Gasteiger partial charge on any atom is 0.287 e. The van der Waals surface area contributed by atoms with Crippen molar-refractivity contribution >= 4 is 29.4 Å². The van der Waals surface area contributed by atoms with Crippen LogP contribution in [-0.2, 0) is 24.0 Å². The molecule has 4 amide bonds. The Bertz CT molecular complexity index is 818. The molecule has 2 unspecified atom stereocenters. The summed E-state index contributed by atoms with van der Waals surface area (Å²) in [6.45, 7) is 8.00. The van der Waals surface area contributed by atoms with Crippen LogP contribution >= 0.6 is 0 Å². The van der Waals surface area contributed by atoms with Crippen LogP contribution in [0.25, 0.3) is 0 Å². The summed E-state index contributed by atoms with van der Waals surface area (Å²) in [4.78, 5) is 65.1. The number of primary amides is 1. The molecule has 4 N–H and O–H groups in total. The van der Waals surface area contributed by atoms with Crippen molar-refractivity contribution in [3.05, 3.63) is 0 Å². The number of ketones is 1. The molecule has 1 saturated heterocycles. The summed E-state index contributed by atoms with van der Waals surface area (Å²) >= 11 is 0. The van der Waals surface area contributed by atoms with E-state index in [0.29, 0.717) is 37.6 Å². The lowest BCUT2D eigenvalue weighted by Crippen LogP contribution is -2.58. The number of nitrogens with zero attached hydrogens (tertiary/aromatic N) is 1. The quantitative estimate of drug-likeness (QED) is 0.363. The highest BCUT2D eigenvalue weighted by Crippen LogP contribution is 2.37. The highest BCUT2D eigenvalue weighted by atomic mass is 16.2. The van der Waals surface area contributed by atoms with Gasteiger partial charge in [-0.1, -0.05) is 53.4 Å². The van der Waals surface area contributed by atoms with Crippen molar-refractivity contribution in [1.29, 1.82) is 0 Å². The number of nitrogens with one attached hydrogen (secondary N) is 2. The van der Waals surface area contributed by atoms with E-state index >= 15 is 0 Å². The summed E-state index contributed by atoms with van der Waals surface area (Å²) < 4.78 is 0. The molecule has 0 aromatic rings. The third-order valence-electron chi connectivity index (χ3n) is 7.40. The minimum Gasteiger partial charge on any atom is -0.363 e. The van der Waals surface area contributed by atoms with Gasteiger partial charge in [0.05, 0.1) is 6.04 Å². The van der Waals surface area contributed by atoms with Crippen LogP contribution in [-0.4, -0.2) is 59.0 Å². The number of Topliss-reactive ketones (excluding diaryl/α,β-unsaturated/α-hetero) is 1. The van der Waals surface area contributed by atoms with Gasteiger partial charge in [-0.25, -0.2) is 0 Å². The van der Waals surface area contributed by atoms with Gasteiger partial charge in [0, 0.05) is 12.5 Å². The molecule has 2 saturated carbocycles. The van der Waals surface area contributed by atoms with E-state index in [9.17, 15) is 24.0 Å². The Labute approximate surface area is 201 Å². The second-order valence-corrected chi connectivity index (χ2v) is 11.0. The van der Waals surface area contributed by atoms with Crippen molar-refractivity contribution in [3.63, 3.8) is 0 Å². The van der Waals surface area contributed by atoms with Gasteiger partial charge < -0.3 is 21.3 Å². The minimum absolute atomic E-state index is 0.0865. The van der Waals surface area contributed by atoms with E-state index in [1.165, 1.54) is 0 Å². The molecule has 0 bridgehead atoms. The first-order valence-electron chi connectivity index (χ1n) is 12.7. The topological polar surface area (TPSA) is 139 Å². The molecule has 0 aromatic carbocycles. The Balaban J connectivity index is 1.79. The summed E-state index contributed by atoms with van der Waals surface area (Å²) in [5, 5.41) is 5.66. The zero-order valence-corrected chi connectivity index (χ0v) is 20.8. The lowest BCUT2D eigenvalue weighted by Gasteiger charge is -2.33. The molecule has 1 aliphatic heterocycles. The Morgan fingerprint density at radius 3 is 1.88 bits per heavy atom. The molecule has 3 fully saturated rings. The average molecular weight is 477 g/mol. The van der Waals surface area contributed by atoms with Gasteiger partial charge in [-0.05, 0) is 42.9 Å². The predicted molar refractivity (Wildman–Crippen MR) is 126 cm³/mol. The van der Waals surface area contributed by atoms with Crippen molar-refractivity contribution in [3.8, 4) is 0 Å². The fourth-order valence-electron chi connectivity index (χ4n) is 4.89. The lowest BCUT2D eigenvalue weighted by atomic mass is 9.87. The van der Waals surface area contributed by atoms with Gasteiger partial charge in [-0.3, -0.25) is 24.0 Å². The second kappa shape index (κ2) is 10.9. The smallest absolute Gasteiger partial charge is 0.287 e. The Kier molecular flexibility index (Phi) is 8.36. The van der Waals surface area contributed by atoms with Crippen LogP contribution in [0.1, 0.15) is 72.6 Å². The second-order valence-electron chi connectivity index (χ2n) is 11.0. The molecular weight excluding hydrogens is 436 g/mol. The molecule has 0 aromatic heterocycles. The molecule has 9 nitrogen and oxygen atoms in total. The van der Waals surface area contributed by atoms with E-state index in [2.05, 4.69) is 10.6 Å². The summed E-state index contributed by atoms with van der Waals surface area (Å²) in [6, 6.07) is -2.39. The molecule has 9 heteroatoms. The molecule has 190 valence electrons. The highest BCUT2D eigenvalue weighted by Gasteiger charge is 2.46. The number of hydrogen-bond donors (Lipinski definition) is 3. The molecule has 3 aliphatic rings. The third-order valence-corrected chi connectivity index (χ3v) is 7.40. The minimum atomic E-state index is -1.06. The third kappa shape index (κ3) is 6.57. The normalized spacial score (nSPS) is 24.1. The monoisotopic (exact) mass is 476 g/mol. The first kappa shape index (κ1) is 26.2. The number of nitrogens with two attached hydrogens (primary N) is 1. The van der Waals surface area contributed by atoms with E-state index < -0.39 is 35.7 Å². The van der Waals surface area contributed by atoms with Gasteiger partial charge >= 0.3 is 0 Å². The summed E-state index contributed by atoms with van der Waals surface area (Å²) in [5.74, 6) is -2.21. The zero-order valence-electron chi connectivity index (χ0n) is 20.8. The molecule has 0 spiro atoms. The SMILES string of the molecule is CC(C)C(=O)N[C@@H](CC1CC1)C(=O)N1CCC(C(C)C)[C@H]1C(=O)NC(CC1CC1)C(=O)C(N)=O. The van der Waals surface area contributed by atoms with Crippen molar-refractivity contribution in [2.24, 2.45) is 35.3 Å². The predicted octanol–water partition coefficient (Wildman–Crippen LogP) is 1.14. The number of amides is 4. The number of carbonyl (C=O) groups is 5. The van der Waals surface area contributed by atoms with E-state index in [0.717, 1.165) is 25.7 Å². The van der Waals surface area contributed by atoms with Crippen LogP contribution < -0.4 is 16.4 Å². The molecule has 34 heavy (non-hydrogen) atoms. The molecule has 1 heterocycles. The van der Waals surface area contributed by atoms with E-state index in [1.807, 2.05) is 13.8 Å². The molecule has 3 rings (SSSR count). The van der Waals surface area contributed by atoms with Crippen LogP contribution in [0.4, 0.5) is 0 Å². The standard InChI is InChI=1S/C25H40N4O5/c1-13(2)17-9-10-29(25(34)19(12-16-7-8-16)28-23(32)14(3)4)20(17)24(33)27-18(11-15-5-6-15)21(30)22(26)31/h13-20H,5-12H2,1-4H3,(H2,26,31)(H,27,33)(H,28,32)/t17?,18?,19-,20-/m0/s1. The van der Waals surface area contributed by atoms with Crippen molar-refractivity contribution in [1.82, 2.24) is 15.5 Å². The summed E-state index contributed by atoms with van der Waals surface area (Å²) in [6.07, 6.45) is 5.61. The number of hydrogen-bond acceptors (Lipinski definition) is 5. The maximum atomic E-state index is 13.7. The Morgan fingerprint density at radius 1 is 0.853 bits per heavy atom. The zero-order chi connectivity index (χ0) is 25.2. The van der Waals surface area contributed by atoms with Crippen LogP contribution in [0.3, 0.4) is 0 Å². The first-order valence-corrected chi connectivity index (χ1v) is 12.7. The Hall–Kier alpha value is -2.45. The molecule has 0 radical (unpaired) electrons.